The zero-order valence-corrected chi connectivity index (χ0v) is 6.75. The summed E-state index contributed by atoms with van der Waals surface area (Å²) in [6.45, 7) is 5.67. The van der Waals surface area contributed by atoms with Crippen LogP contribution in [0.5, 0.6) is 0 Å². The molecule has 2 heteroatoms. The summed E-state index contributed by atoms with van der Waals surface area (Å²) < 4.78 is 1.01. The van der Waals surface area contributed by atoms with Crippen LogP contribution in [0.3, 0.4) is 0 Å². The van der Waals surface area contributed by atoms with Crippen molar-refractivity contribution in [1.29, 1.82) is 0 Å². The summed E-state index contributed by atoms with van der Waals surface area (Å²) in [5, 5.41) is 2.91. The van der Waals surface area contributed by atoms with Crippen molar-refractivity contribution in [2.45, 2.75) is 6.92 Å². The van der Waals surface area contributed by atoms with Crippen LogP contribution in [0.15, 0.2) is 22.8 Å². The zero-order chi connectivity index (χ0) is 6.57. The predicted octanol–water partition coefficient (Wildman–Crippen LogP) is 2.02. The first kappa shape index (κ1) is 7.76. The summed E-state index contributed by atoms with van der Waals surface area (Å²) in [5.41, 5.74) is 0.910. The van der Waals surface area contributed by atoms with Gasteiger partial charge in [-0.25, -0.2) is 0 Å². The molecule has 8 heavy (non-hydrogen) atoms. The summed E-state index contributed by atoms with van der Waals surface area (Å²) in [6, 6.07) is 0. The van der Waals surface area contributed by atoms with Gasteiger partial charge in [-0.1, -0.05) is 12.7 Å². The van der Waals surface area contributed by atoms with E-state index in [2.05, 4.69) is 27.8 Å². The highest BCUT2D eigenvalue weighted by Crippen LogP contribution is 2.10. The number of likely N-dealkylation sites (N-methyl/N-ethyl adjacent to an activating group) is 1. The second-order valence-electron chi connectivity index (χ2n) is 1.37. The maximum absolute atomic E-state index is 3.72. The lowest BCUT2D eigenvalue weighted by Gasteiger charge is -1.99. The highest BCUT2D eigenvalue weighted by atomic mass is 79.9. The van der Waals surface area contributed by atoms with E-state index in [0.717, 1.165) is 10.2 Å². The lowest BCUT2D eigenvalue weighted by Crippen LogP contribution is -2.02. The summed E-state index contributed by atoms with van der Waals surface area (Å²) in [5.74, 6) is 0. The molecule has 0 saturated heterocycles. The maximum Gasteiger partial charge on any atom is 0.0405 e. The number of hydrogen-bond donors (Lipinski definition) is 1. The van der Waals surface area contributed by atoms with Crippen LogP contribution in [0.1, 0.15) is 6.92 Å². The number of allylic oxidation sites excluding steroid dienone is 2. The smallest absolute Gasteiger partial charge is 0.0405 e. The van der Waals surface area contributed by atoms with Gasteiger partial charge in [-0.15, -0.1) is 0 Å². The van der Waals surface area contributed by atoms with Gasteiger partial charge in [-0.3, -0.25) is 0 Å². The highest BCUT2D eigenvalue weighted by Gasteiger charge is 1.89. The van der Waals surface area contributed by atoms with Crippen LogP contribution >= 0.6 is 15.9 Å². The molecular weight excluding hydrogens is 166 g/mol. The largest absolute Gasteiger partial charge is 0.388 e. The van der Waals surface area contributed by atoms with Crippen molar-refractivity contribution in [3.05, 3.63) is 22.8 Å². The van der Waals surface area contributed by atoms with Crippen molar-refractivity contribution >= 4 is 15.9 Å². The van der Waals surface area contributed by atoms with Crippen molar-refractivity contribution in [3.8, 4) is 0 Å². The van der Waals surface area contributed by atoms with Gasteiger partial charge in [0.05, 0.1) is 0 Å². The van der Waals surface area contributed by atoms with Gasteiger partial charge in [0.2, 0.25) is 0 Å². The minimum absolute atomic E-state index is 0.910. The van der Waals surface area contributed by atoms with E-state index >= 15 is 0 Å². The van der Waals surface area contributed by atoms with E-state index in [4.69, 9.17) is 0 Å². The van der Waals surface area contributed by atoms with Crippen molar-refractivity contribution in [2.24, 2.45) is 0 Å². The van der Waals surface area contributed by atoms with E-state index in [0.29, 0.717) is 0 Å². The number of rotatable bonds is 2. The first-order valence-electron chi connectivity index (χ1n) is 2.41. The van der Waals surface area contributed by atoms with Gasteiger partial charge >= 0.3 is 0 Å². The molecule has 0 aliphatic rings. The molecule has 0 rings (SSSR count). The molecule has 0 spiro atoms. The van der Waals surface area contributed by atoms with E-state index in [-0.39, 0.29) is 0 Å². The number of halogens is 1. The Labute approximate surface area is 58.6 Å². The van der Waals surface area contributed by atoms with E-state index < -0.39 is 0 Å². The van der Waals surface area contributed by atoms with Crippen LogP contribution in [-0.4, -0.2) is 7.05 Å². The third-order valence-electron chi connectivity index (χ3n) is 0.844. The van der Waals surface area contributed by atoms with Gasteiger partial charge < -0.3 is 5.32 Å². The van der Waals surface area contributed by atoms with Crippen molar-refractivity contribution in [3.63, 3.8) is 0 Å². The molecule has 46 valence electrons. The topological polar surface area (TPSA) is 12.0 Å². The summed E-state index contributed by atoms with van der Waals surface area (Å²) in [7, 11) is 1.84. The monoisotopic (exact) mass is 175 g/mol. The Morgan fingerprint density at radius 3 is 2.38 bits per heavy atom. The Morgan fingerprint density at radius 1 is 1.75 bits per heavy atom. The molecule has 0 heterocycles. The molecule has 1 nitrogen and oxygen atoms in total. The molecule has 0 aliphatic heterocycles. The van der Waals surface area contributed by atoms with Gasteiger partial charge in [-0.2, -0.15) is 0 Å². The Bertz CT molecular complexity index is 116. The van der Waals surface area contributed by atoms with E-state index in [1.54, 1.807) is 0 Å². The fraction of sp³-hybridized carbons (Fsp3) is 0.333. The van der Waals surface area contributed by atoms with Gasteiger partial charge in [0.25, 0.3) is 0 Å². The third-order valence-corrected chi connectivity index (χ3v) is 1.78. The van der Waals surface area contributed by atoms with E-state index in [1.807, 2.05) is 20.0 Å². The molecule has 0 amide bonds. The molecule has 0 aliphatic carbocycles. The van der Waals surface area contributed by atoms with Gasteiger partial charge in [-0.05, 0) is 22.9 Å². The molecule has 1 N–H and O–H groups in total. The Balaban J connectivity index is 3.83. The molecular formula is C6H10BrN. The normalized spacial score (nSPS) is 11.1. The molecule has 0 aromatic rings. The Kier molecular flexibility index (Phi) is 3.61. The first-order valence-corrected chi connectivity index (χ1v) is 3.20. The standard InChI is InChI=1S/C6H10BrN/c1-4-6(7)5(2)8-3/h4,8H,2H2,1,3H3/b6-4+. The molecule has 0 radical (unpaired) electrons. The summed E-state index contributed by atoms with van der Waals surface area (Å²) >= 11 is 3.30. The van der Waals surface area contributed by atoms with Crippen molar-refractivity contribution in [1.82, 2.24) is 5.32 Å². The fourth-order valence-corrected chi connectivity index (χ4v) is 0.492. The van der Waals surface area contributed by atoms with Crippen LogP contribution in [0.2, 0.25) is 0 Å². The lowest BCUT2D eigenvalue weighted by atomic mass is 10.4. The molecule has 0 saturated carbocycles. The SMILES string of the molecule is C=C(NC)/C(Br)=C\C. The van der Waals surface area contributed by atoms with Crippen LogP contribution in [0, 0.1) is 0 Å². The molecule has 0 aromatic carbocycles. The summed E-state index contributed by atoms with van der Waals surface area (Å²) in [4.78, 5) is 0. The Morgan fingerprint density at radius 2 is 2.25 bits per heavy atom. The zero-order valence-electron chi connectivity index (χ0n) is 5.16. The van der Waals surface area contributed by atoms with Gasteiger partial charge in [0.1, 0.15) is 0 Å². The molecule has 0 atom stereocenters. The minimum atomic E-state index is 0.910. The molecule has 0 fully saturated rings. The van der Waals surface area contributed by atoms with Crippen LogP contribution < -0.4 is 5.32 Å². The average Bonchev–Trinajstić information content (AvgIpc) is 1.84. The van der Waals surface area contributed by atoms with Crippen LogP contribution in [0.4, 0.5) is 0 Å². The van der Waals surface area contributed by atoms with E-state index in [9.17, 15) is 0 Å². The minimum Gasteiger partial charge on any atom is -0.388 e. The van der Waals surface area contributed by atoms with E-state index in [1.165, 1.54) is 0 Å². The average molecular weight is 176 g/mol. The van der Waals surface area contributed by atoms with Crippen LogP contribution in [0.25, 0.3) is 0 Å². The first-order chi connectivity index (χ1) is 3.72. The second-order valence-corrected chi connectivity index (χ2v) is 2.22. The summed E-state index contributed by atoms with van der Waals surface area (Å²) in [6.07, 6.45) is 1.94. The van der Waals surface area contributed by atoms with Crippen LogP contribution in [-0.2, 0) is 0 Å². The van der Waals surface area contributed by atoms with Crippen molar-refractivity contribution < 1.29 is 0 Å². The second kappa shape index (κ2) is 3.72. The highest BCUT2D eigenvalue weighted by molar-refractivity contribution is 9.11. The molecule has 0 bridgehead atoms. The third kappa shape index (κ3) is 2.17. The number of hydrogen-bond acceptors (Lipinski definition) is 1. The predicted molar refractivity (Wildman–Crippen MR) is 40.9 cm³/mol. The van der Waals surface area contributed by atoms with Gasteiger partial charge in [0.15, 0.2) is 0 Å². The van der Waals surface area contributed by atoms with Gasteiger partial charge in [0, 0.05) is 17.2 Å². The van der Waals surface area contributed by atoms with Crippen molar-refractivity contribution in [2.75, 3.05) is 7.05 Å². The molecule has 0 unspecified atom stereocenters. The maximum atomic E-state index is 3.72. The quantitative estimate of drug-likeness (QED) is 0.634. The fourth-order valence-electron chi connectivity index (χ4n) is 0.294. The Hall–Kier alpha value is -0.240. The lowest BCUT2D eigenvalue weighted by molar-refractivity contribution is 1.03. The number of nitrogens with one attached hydrogen (secondary N) is 1. The molecule has 0 aromatic heterocycles.